The van der Waals surface area contributed by atoms with Gasteiger partial charge in [-0.15, -0.1) is 5.10 Å². The molecule has 1 aromatic heterocycles. The van der Waals surface area contributed by atoms with E-state index in [0.29, 0.717) is 5.95 Å². The van der Waals surface area contributed by atoms with Gasteiger partial charge in [-0.25, -0.2) is 0 Å². The van der Waals surface area contributed by atoms with Crippen LogP contribution in [0.2, 0.25) is 0 Å². The Bertz CT molecular complexity index is 459. The zero-order valence-electron chi connectivity index (χ0n) is 12.9. The van der Waals surface area contributed by atoms with Gasteiger partial charge in [0, 0.05) is 39.6 Å². The van der Waals surface area contributed by atoms with Gasteiger partial charge >= 0.3 is 0 Å². The number of hydrogen-bond acceptors (Lipinski definition) is 6. The number of nitrogens with zero attached hydrogens (tertiary/aromatic N) is 5. The summed E-state index contributed by atoms with van der Waals surface area (Å²) in [6, 6.07) is 0. The molecule has 0 radical (unpaired) electrons. The highest BCUT2D eigenvalue weighted by Gasteiger charge is 2.20. The van der Waals surface area contributed by atoms with Gasteiger partial charge in [-0.2, -0.15) is 10.1 Å². The van der Waals surface area contributed by atoms with E-state index in [9.17, 15) is 4.79 Å². The second-order valence-electron chi connectivity index (χ2n) is 5.27. The number of anilines is 2. The Morgan fingerprint density at radius 3 is 2.71 bits per heavy atom. The molecule has 7 heteroatoms. The number of aromatic nitrogens is 3. The smallest absolute Gasteiger partial charge is 0.244 e. The Balaban J connectivity index is 1.87. The molecule has 1 saturated heterocycles. The Hall–Kier alpha value is -1.92. The predicted octanol–water partition coefficient (Wildman–Crippen LogP) is 1.14. The highest BCUT2D eigenvalue weighted by Crippen LogP contribution is 2.13. The van der Waals surface area contributed by atoms with Crippen LogP contribution in [-0.4, -0.2) is 58.7 Å². The number of piperazine rings is 1. The third-order valence-corrected chi connectivity index (χ3v) is 3.66. The summed E-state index contributed by atoms with van der Waals surface area (Å²) in [6.45, 7) is 7.70. The fraction of sp³-hybridized carbons (Fsp3) is 0.714. The average Bonchev–Trinajstić information content (AvgIpc) is 2.52. The molecule has 2 heterocycles. The van der Waals surface area contributed by atoms with Gasteiger partial charge in [0.25, 0.3) is 0 Å². The quantitative estimate of drug-likeness (QED) is 0.793. The van der Waals surface area contributed by atoms with E-state index in [2.05, 4.69) is 32.3 Å². The van der Waals surface area contributed by atoms with Crippen molar-refractivity contribution in [1.29, 1.82) is 0 Å². The number of rotatable bonds is 6. The molecule has 0 unspecified atom stereocenters. The van der Waals surface area contributed by atoms with Crippen molar-refractivity contribution in [3.8, 4) is 0 Å². The Morgan fingerprint density at radius 2 is 2.05 bits per heavy atom. The number of carbonyl (C=O) groups is 1. The monoisotopic (exact) mass is 292 g/mol. The fourth-order valence-electron chi connectivity index (χ4n) is 2.35. The second kappa shape index (κ2) is 7.75. The van der Waals surface area contributed by atoms with Gasteiger partial charge in [0.2, 0.25) is 11.9 Å². The maximum Gasteiger partial charge on any atom is 0.244 e. The Labute approximate surface area is 125 Å². The van der Waals surface area contributed by atoms with E-state index >= 15 is 0 Å². The van der Waals surface area contributed by atoms with Crippen LogP contribution in [0.4, 0.5) is 11.8 Å². The van der Waals surface area contributed by atoms with Crippen LogP contribution in [0.5, 0.6) is 0 Å². The molecule has 0 spiro atoms. The zero-order valence-corrected chi connectivity index (χ0v) is 12.9. The molecule has 0 saturated carbocycles. The van der Waals surface area contributed by atoms with Crippen molar-refractivity contribution in [3.05, 3.63) is 6.20 Å². The van der Waals surface area contributed by atoms with Crippen LogP contribution >= 0.6 is 0 Å². The minimum absolute atomic E-state index is 0.133. The Morgan fingerprint density at radius 1 is 1.29 bits per heavy atom. The number of unbranched alkanes of at least 4 members (excludes halogenated alkanes) is 2. The molecule has 21 heavy (non-hydrogen) atoms. The van der Waals surface area contributed by atoms with Gasteiger partial charge in [0.1, 0.15) is 0 Å². The lowest BCUT2D eigenvalue weighted by Crippen LogP contribution is -2.48. The largest absolute Gasteiger partial charge is 0.353 e. The first-order valence-electron chi connectivity index (χ1n) is 7.64. The van der Waals surface area contributed by atoms with E-state index in [1.807, 2.05) is 4.90 Å². The van der Waals surface area contributed by atoms with E-state index in [0.717, 1.165) is 45.0 Å². The van der Waals surface area contributed by atoms with Gasteiger partial charge in [-0.05, 0) is 6.42 Å². The van der Waals surface area contributed by atoms with Crippen LogP contribution < -0.4 is 10.2 Å². The maximum atomic E-state index is 11.3. The van der Waals surface area contributed by atoms with Gasteiger partial charge < -0.3 is 15.1 Å². The Kier molecular flexibility index (Phi) is 5.71. The van der Waals surface area contributed by atoms with Gasteiger partial charge in [-0.3, -0.25) is 4.79 Å². The number of carbonyl (C=O) groups excluding carboxylic acids is 1. The van der Waals surface area contributed by atoms with Crippen molar-refractivity contribution in [3.63, 3.8) is 0 Å². The molecule has 7 nitrogen and oxygen atoms in total. The molecule has 0 bridgehead atoms. The molecule has 1 N–H and O–H groups in total. The summed E-state index contributed by atoms with van der Waals surface area (Å²) in [4.78, 5) is 19.8. The lowest BCUT2D eigenvalue weighted by atomic mass is 10.2. The molecule has 0 aliphatic carbocycles. The standard InChI is InChI=1S/C14H24N6O/c1-3-4-5-6-15-14-17-13(11-16-18-14)20-9-7-19(8-10-20)12(2)21/h11H,3-10H2,1-2H3,(H,15,17,18). The number of hydrogen-bond donors (Lipinski definition) is 1. The minimum atomic E-state index is 0.133. The molecule has 1 aliphatic heterocycles. The van der Waals surface area contributed by atoms with Crippen molar-refractivity contribution in [2.24, 2.45) is 0 Å². The van der Waals surface area contributed by atoms with Crippen LogP contribution in [0, 0.1) is 0 Å². The highest BCUT2D eigenvalue weighted by atomic mass is 16.2. The van der Waals surface area contributed by atoms with Crippen molar-refractivity contribution < 1.29 is 4.79 Å². The van der Waals surface area contributed by atoms with Crippen LogP contribution in [0.3, 0.4) is 0 Å². The summed E-state index contributed by atoms with van der Waals surface area (Å²) in [6.07, 6.45) is 5.19. The first-order valence-corrected chi connectivity index (χ1v) is 7.64. The van der Waals surface area contributed by atoms with Gasteiger partial charge in [-0.1, -0.05) is 19.8 Å². The van der Waals surface area contributed by atoms with Crippen molar-refractivity contribution in [2.75, 3.05) is 42.9 Å². The molecule has 1 aliphatic rings. The molecular formula is C14H24N6O. The van der Waals surface area contributed by atoms with E-state index in [4.69, 9.17) is 0 Å². The van der Waals surface area contributed by atoms with Crippen molar-refractivity contribution >= 4 is 17.7 Å². The fourth-order valence-corrected chi connectivity index (χ4v) is 2.35. The first-order chi connectivity index (χ1) is 10.2. The molecule has 1 fully saturated rings. The predicted molar refractivity (Wildman–Crippen MR) is 82.3 cm³/mol. The van der Waals surface area contributed by atoms with Crippen LogP contribution in [0.25, 0.3) is 0 Å². The van der Waals surface area contributed by atoms with Gasteiger partial charge in [0.15, 0.2) is 5.82 Å². The van der Waals surface area contributed by atoms with E-state index < -0.39 is 0 Å². The number of nitrogens with one attached hydrogen (secondary N) is 1. The molecule has 1 amide bonds. The molecule has 0 atom stereocenters. The van der Waals surface area contributed by atoms with Crippen LogP contribution in [0.15, 0.2) is 6.20 Å². The molecule has 116 valence electrons. The summed E-state index contributed by atoms with van der Waals surface area (Å²) < 4.78 is 0. The third-order valence-electron chi connectivity index (χ3n) is 3.66. The third kappa shape index (κ3) is 4.54. The summed E-state index contributed by atoms with van der Waals surface area (Å²) in [5.41, 5.74) is 0. The molecular weight excluding hydrogens is 268 g/mol. The highest BCUT2D eigenvalue weighted by molar-refractivity contribution is 5.73. The normalized spacial score (nSPS) is 15.1. The topological polar surface area (TPSA) is 74.2 Å². The summed E-state index contributed by atoms with van der Waals surface area (Å²) >= 11 is 0. The summed E-state index contributed by atoms with van der Waals surface area (Å²) in [5.74, 6) is 1.54. The van der Waals surface area contributed by atoms with Gasteiger partial charge in [0.05, 0.1) is 6.20 Å². The van der Waals surface area contributed by atoms with Crippen molar-refractivity contribution in [2.45, 2.75) is 33.1 Å². The lowest BCUT2D eigenvalue weighted by Gasteiger charge is -2.34. The summed E-state index contributed by atoms with van der Waals surface area (Å²) in [7, 11) is 0. The lowest BCUT2D eigenvalue weighted by molar-refractivity contribution is -0.129. The van der Waals surface area contributed by atoms with E-state index in [1.165, 1.54) is 12.8 Å². The average molecular weight is 292 g/mol. The van der Waals surface area contributed by atoms with E-state index in [-0.39, 0.29) is 5.91 Å². The molecule has 0 aromatic carbocycles. The van der Waals surface area contributed by atoms with Crippen molar-refractivity contribution in [1.82, 2.24) is 20.1 Å². The van der Waals surface area contributed by atoms with Crippen LogP contribution in [-0.2, 0) is 4.79 Å². The number of amides is 1. The summed E-state index contributed by atoms with van der Waals surface area (Å²) in [5, 5.41) is 11.2. The van der Waals surface area contributed by atoms with E-state index in [1.54, 1.807) is 13.1 Å². The maximum absolute atomic E-state index is 11.3. The SMILES string of the molecule is CCCCCNc1nncc(N2CCN(C(C)=O)CC2)n1. The molecule has 2 rings (SSSR count). The zero-order chi connectivity index (χ0) is 15.1. The second-order valence-corrected chi connectivity index (χ2v) is 5.27. The first kappa shape index (κ1) is 15.5. The van der Waals surface area contributed by atoms with Crippen LogP contribution in [0.1, 0.15) is 33.1 Å². The minimum Gasteiger partial charge on any atom is -0.353 e. The molecule has 1 aromatic rings.